The number of hydrogen-bond acceptors (Lipinski definition) is 3. The maximum absolute atomic E-state index is 7.57. The van der Waals surface area contributed by atoms with Gasteiger partial charge in [0, 0.05) is 0 Å². The summed E-state index contributed by atoms with van der Waals surface area (Å²) in [6.07, 6.45) is -0.180. The minimum atomic E-state index is -0.792. The highest BCUT2D eigenvalue weighted by molar-refractivity contribution is 5.44. The van der Waals surface area contributed by atoms with Crippen LogP contribution in [-0.4, -0.2) is 25.4 Å². The molecule has 2 aliphatic rings. The normalized spacial score (nSPS) is 19.8. The van der Waals surface area contributed by atoms with Crippen LogP contribution in [0.4, 0.5) is 0 Å². The second-order valence-corrected chi connectivity index (χ2v) is 8.68. The molecule has 3 heteroatoms. The molecule has 0 unspecified atom stereocenters. The Hall–Kier alpha value is -3.24. The fourth-order valence-corrected chi connectivity index (χ4v) is 5.01. The molecule has 2 heterocycles. The van der Waals surface area contributed by atoms with Crippen molar-refractivity contribution in [3.8, 4) is 0 Å². The molecule has 2 aliphatic heterocycles. The summed E-state index contributed by atoms with van der Waals surface area (Å²) in [5.74, 6) is 0. The first-order valence-electron chi connectivity index (χ1n) is 11.5. The van der Waals surface area contributed by atoms with Crippen molar-refractivity contribution in [2.24, 2.45) is 0 Å². The van der Waals surface area contributed by atoms with E-state index in [0.717, 1.165) is 22.3 Å². The number of hydrogen-bond donors (Lipinski definition) is 0. The van der Waals surface area contributed by atoms with Crippen LogP contribution >= 0.6 is 0 Å². The van der Waals surface area contributed by atoms with E-state index in [-0.39, 0.29) is 12.2 Å². The van der Waals surface area contributed by atoms with Crippen LogP contribution in [0.2, 0.25) is 0 Å². The van der Waals surface area contributed by atoms with E-state index in [0.29, 0.717) is 13.2 Å². The van der Waals surface area contributed by atoms with Gasteiger partial charge >= 0.3 is 0 Å². The molecule has 0 N–H and O–H groups in total. The van der Waals surface area contributed by atoms with Crippen LogP contribution in [0, 0.1) is 0 Å². The molecular formula is C30H26O3. The van der Waals surface area contributed by atoms with Crippen molar-refractivity contribution >= 4 is 0 Å². The van der Waals surface area contributed by atoms with Crippen molar-refractivity contribution in [2.75, 3.05) is 13.2 Å². The molecule has 3 nitrogen and oxygen atoms in total. The van der Waals surface area contributed by atoms with Crippen LogP contribution < -0.4 is 0 Å². The second-order valence-electron chi connectivity index (χ2n) is 8.68. The third-order valence-corrected chi connectivity index (χ3v) is 6.71. The van der Waals surface area contributed by atoms with Gasteiger partial charge in [-0.1, -0.05) is 121 Å². The Bertz CT molecular complexity index is 1010. The molecular weight excluding hydrogens is 408 g/mol. The van der Waals surface area contributed by atoms with Crippen molar-refractivity contribution in [1.29, 1.82) is 0 Å². The summed E-state index contributed by atoms with van der Waals surface area (Å²) in [5, 5.41) is 0. The van der Waals surface area contributed by atoms with Crippen LogP contribution in [0.3, 0.4) is 0 Å². The Labute approximate surface area is 194 Å². The Morgan fingerprint density at radius 2 is 0.697 bits per heavy atom. The van der Waals surface area contributed by atoms with Gasteiger partial charge in [-0.15, -0.1) is 0 Å². The molecule has 2 atom stereocenters. The molecule has 164 valence electrons. The predicted octanol–water partition coefficient (Wildman–Crippen LogP) is 5.69. The van der Waals surface area contributed by atoms with Gasteiger partial charge < -0.3 is 14.2 Å². The molecule has 2 saturated heterocycles. The fraction of sp³-hybridized carbons (Fsp3) is 0.200. The summed E-state index contributed by atoms with van der Waals surface area (Å²) in [6.45, 7) is 1.30. The van der Waals surface area contributed by atoms with E-state index in [1.807, 2.05) is 24.3 Å². The molecule has 4 aromatic carbocycles. The fourth-order valence-electron chi connectivity index (χ4n) is 5.01. The van der Waals surface area contributed by atoms with Crippen LogP contribution in [0.15, 0.2) is 121 Å². The van der Waals surface area contributed by atoms with E-state index >= 15 is 0 Å². The molecule has 0 aliphatic carbocycles. The minimum Gasteiger partial charge on any atom is -0.369 e. The third-order valence-electron chi connectivity index (χ3n) is 6.71. The SMILES string of the molecule is c1ccc(C(OC(c2ccccc2)(c2ccccc2)[C@@H]2CO2)(c2ccccc2)[C@@H]2CO2)cc1. The maximum atomic E-state index is 7.57. The average Bonchev–Trinajstić information content (AvgIpc) is 3.81. The van der Waals surface area contributed by atoms with Gasteiger partial charge in [-0.3, -0.25) is 0 Å². The van der Waals surface area contributed by atoms with Crippen molar-refractivity contribution < 1.29 is 14.2 Å². The minimum absolute atomic E-state index is 0.0900. The molecule has 4 aromatic rings. The van der Waals surface area contributed by atoms with Gasteiger partial charge in [0.2, 0.25) is 0 Å². The lowest BCUT2D eigenvalue weighted by atomic mass is 9.78. The van der Waals surface area contributed by atoms with E-state index in [1.165, 1.54) is 0 Å². The molecule has 0 saturated carbocycles. The molecule has 2 fully saturated rings. The number of rotatable bonds is 8. The summed E-state index contributed by atoms with van der Waals surface area (Å²) in [5.41, 5.74) is 2.73. The van der Waals surface area contributed by atoms with Gasteiger partial charge in [-0.2, -0.15) is 0 Å². The van der Waals surface area contributed by atoms with Crippen molar-refractivity contribution in [3.05, 3.63) is 144 Å². The maximum Gasteiger partial charge on any atom is 0.148 e. The van der Waals surface area contributed by atoms with Crippen molar-refractivity contribution in [3.63, 3.8) is 0 Å². The zero-order valence-corrected chi connectivity index (χ0v) is 18.3. The van der Waals surface area contributed by atoms with Gasteiger partial charge in [0.05, 0.1) is 13.2 Å². The van der Waals surface area contributed by atoms with Gasteiger partial charge in [-0.05, 0) is 22.3 Å². The topological polar surface area (TPSA) is 34.3 Å². The molecule has 33 heavy (non-hydrogen) atoms. The number of benzene rings is 4. The molecule has 6 rings (SSSR count). The van der Waals surface area contributed by atoms with E-state index < -0.39 is 11.2 Å². The molecule has 0 amide bonds. The summed E-state index contributed by atoms with van der Waals surface area (Å²) in [4.78, 5) is 0. The predicted molar refractivity (Wildman–Crippen MR) is 128 cm³/mol. The first kappa shape index (κ1) is 20.4. The molecule has 0 spiro atoms. The lowest BCUT2D eigenvalue weighted by molar-refractivity contribution is -0.147. The summed E-state index contributed by atoms with van der Waals surface area (Å²) < 4.78 is 19.6. The lowest BCUT2D eigenvalue weighted by Crippen LogP contribution is -2.49. The standard InChI is InChI=1S/C30H26O3/c1-5-13-23(14-6-1)29(27-21-31-27,24-15-7-2-8-16-24)33-30(28-22-32-28,25-17-9-3-10-18-25)26-19-11-4-12-20-26/h1-20,27-28H,21-22H2/t27-,28-/m0/s1. The smallest absolute Gasteiger partial charge is 0.148 e. The molecule has 0 aromatic heterocycles. The van der Waals surface area contributed by atoms with Crippen molar-refractivity contribution in [1.82, 2.24) is 0 Å². The first-order chi connectivity index (χ1) is 16.3. The zero-order valence-electron chi connectivity index (χ0n) is 18.3. The Morgan fingerprint density at radius 1 is 0.455 bits per heavy atom. The Balaban J connectivity index is 1.63. The Morgan fingerprint density at radius 3 is 0.909 bits per heavy atom. The second kappa shape index (κ2) is 8.27. The monoisotopic (exact) mass is 434 g/mol. The first-order valence-corrected chi connectivity index (χ1v) is 11.5. The van der Waals surface area contributed by atoms with Gasteiger partial charge in [0.15, 0.2) is 0 Å². The number of epoxide rings is 2. The highest BCUT2D eigenvalue weighted by Crippen LogP contribution is 2.53. The number of ether oxygens (including phenoxy) is 3. The third kappa shape index (κ3) is 3.50. The van der Waals surface area contributed by atoms with E-state index in [9.17, 15) is 0 Å². The largest absolute Gasteiger partial charge is 0.369 e. The lowest BCUT2D eigenvalue weighted by Gasteiger charge is -2.44. The van der Waals surface area contributed by atoms with Crippen LogP contribution in [0.25, 0.3) is 0 Å². The van der Waals surface area contributed by atoms with Crippen LogP contribution in [0.5, 0.6) is 0 Å². The summed E-state index contributed by atoms with van der Waals surface area (Å²) >= 11 is 0. The van der Waals surface area contributed by atoms with E-state index in [2.05, 4.69) is 97.1 Å². The molecule has 0 radical (unpaired) electrons. The van der Waals surface area contributed by atoms with E-state index in [4.69, 9.17) is 14.2 Å². The van der Waals surface area contributed by atoms with Crippen LogP contribution in [0.1, 0.15) is 22.3 Å². The quantitative estimate of drug-likeness (QED) is 0.334. The van der Waals surface area contributed by atoms with Gasteiger partial charge in [0.1, 0.15) is 23.4 Å². The highest BCUT2D eigenvalue weighted by Gasteiger charge is 2.60. The Kier molecular flexibility index (Phi) is 5.11. The average molecular weight is 435 g/mol. The van der Waals surface area contributed by atoms with Gasteiger partial charge in [-0.25, -0.2) is 0 Å². The highest BCUT2D eigenvalue weighted by atomic mass is 16.6. The summed E-state index contributed by atoms with van der Waals surface area (Å²) in [6, 6.07) is 41.8. The van der Waals surface area contributed by atoms with Crippen LogP contribution in [-0.2, 0) is 25.4 Å². The van der Waals surface area contributed by atoms with Crippen molar-refractivity contribution in [2.45, 2.75) is 23.4 Å². The van der Waals surface area contributed by atoms with Gasteiger partial charge in [0.25, 0.3) is 0 Å². The van der Waals surface area contributed by atoms with E-state index in [1.54, 1.807) is 0 Å². The zero-order chi connectivity index (χ0) is 22.1. The molecule has 0 bridgehead atoms. The summed E-state index contributed by atoms with van der Waals surface area (Å²) in [7, 11) is 0.